The monoisotopic (exact) mass is 611 g/mol. The third kappa shape index (κ3) is 4.68. The molecular weight excluding hydrogens is 588 g/mol. The quantitative estimate of drug-likeness (QED) is 0.206. The maximum Gasteiger partial charge on any atom is 0.282 e. The van der Waals surface area contributed by atoms with Crippen LogP contribution in [-0.2, 0) is 17.8 Å². The lowest BCUT2D eigenvalue weighted by molar-refractivity contribution is -0.128. The molecule has 220 valence electrons. The Bertz CT molecular complexity index is 1790. The highest BCUT2D eigenvalue weighted by Crippen LogP contribution is 2.70. The number of carbonyl (C=O) groups is 2. The highest BCUT2D eigenvalue weighted by molar-refractivity contribution is 7.36. The Kier molecular flexibility index (Phi) is 6.57. The normalized spacial score (nSPS) is 21.6. The number of nitrogens with two attached hydrogens (primary N) is 1. The van der Waals surface area contributed by atoms with Gasteiger partial charge in [-0.1, -0.05) is 12.1 Å². The number of rotatable bonds is 7. The second-order valence-electron chi connectivity index (χ2n) is 11.0. The zero-order valence-corrected chi connectivity index (χ0v) is 23.3. The summed E-state index contributed by atoms with van der Waals surface area (Å²) < 4.78 is 73.7. The molecule has 5 atom stereocenters. The average molecular weight is 612 g/mol. The van der Waals surface area contributed by atoms with Crippen molar-refractivity contribution in [1.82, 2.24) is 19.4 Å². The molecule has 1 fully saturated rings. The molecule has 3 aliphatic rings. The largest absolute Gasteiger partial charge is 0.366 e. The molecule has 4 aromatic rings. The number of hydrogen-bond donors (Lipinski definition) is 1. The second-order valence-corrected chi connectivity index (χ2v) is 12.4. The van der Waals surface area contributed by atoms with Gasteiger partial charge in [0.2, 0.25) is 5.91 Å². The minimum absolute atomic E-state index is 0.0282. The number of fused-ring (bicyclic) bond motifs is 3. The van der Waals surface area contributed by atoms with Gasteiger partial charge in [0.1, 0.15) is 29.7 Å². The first-order chi connectivity index (χ1) is 20.6. The van der Waals surface area contributed by atoms with Crippen LogP contribution < -0.4 is 5.73 Å². The Morgan fingerprint density at radius 3 is 2.56 bits per heavy atom. The lowest BCUT2D eigenvalue weighted by atomic mass is 9.94. The number of aromatic nitrogens is 3. The number of alkyl halides is 2. The van der Waals surface area contributed by atoms with Crippen molar-refractivity contribution in [2.75, 3.05) is 0 Å². The van der Waals surface area contributed by atoms with Gasteiger partial charge in [-0.3, -0.25) is 19.3 Å². The molecule has 13 heteroatoms. The van der Waals surface area contributed by atoms with Crippen molar-refractivity contribution < 1.29 is 31.5 Å². The Hall–Kier alpha value is -4.18. The first-order valence-electron chi connectivity index (χ1n) is 13.6. The molecule has 7 rings (SSSR count). The van der Waals surface area contributed by atoms with E-state index in [0.717, 1.165) is 18.6 Å². The number of hydrogen-bond acceptors (Lipinski definition) is 4. The zero-order valence-electron chi connectivity index (χ0n) is 22.3. The fourth-order valence-electron chi connectivity index (χ4n) is 6.53. The lowest BCUT2D eigenvalue weighted by Gasteiger charge is -2.33. The Morgan fingerprint density at radius 2 is 1.84 bits per heavy atom. The molecule has 0 radical (unpaired) electrons. The van der Waals surface area contributed by atoms with E-state index in [1.54, 1.807) is 16.8 Å². The van der Waals surface area contributed by atoms with Crippen molar-refractivity contribution in [3.8, 4) is 11.1 Å². The van der Waals surface area contributed by atoms with Gasteiger partial charge < -0.3 is 10.4 Å². The van der Waals surface area contributed by atoms with E-state index in [9.17, 15) is 31.5 Å². The van der Waals surface area contributed by atoms with E-state index in [4.69, 9.17) is 5.73 Å². The van der Waals surface area contributed by atoms with Gasteiger partial charge in [-0.25, -0.2) is 22.0 Å². The Labute approximate surface area is 243 Å². The maximum atomic E-state index is 14.4. The van der Waals surface area contributed by atoms with Crippen LogP contribution in [0.15, 0.2) is 54.7 Å². The van der Waals surface area contributed by atoms with Gasteiger partial charge in [0.25, 0.3) is 12.3 Å². The minimum Gasteiger partial charge on any atom is -0.366 e. The predicted octanol–water partition coefficient (Wildman–Crippen LogP) is 5.98. The summed E-state index contributed by atoms with van der Waals surface area (Å²) in [5, 5.41) is 4.14. The average Bonchev–Trinajstić information content (AvgIpc) is 3.59. The number of primary amides is 1. The van der Waals surface area contributed by atoms with Crippen molar-refractivity contribution in [1.29, 1.82) is 0 Å². The molecule has 7 nitrogen and oxygen atoms in total. The number of benzene rings is 2. The lowest BCUT2D eigenvalue weighted by Crippen LogP contribution is -2.32. The summed E-state index contributed by atoms with van der Waals surface area (Å²) in [6.07, 6.45) is -0.554. The van der Waals surface area contributed by atoms with Crippen LogP contribution in [0.2, 0.25) is 0 Å². The number of nitrogens with zero attached hydrogens (tertiary/aromatic N) is 4. The molecule has 2 amide bonds. The van der Waals surface area contributed by atoms with Crippen molar-refractivity contribution in [2.24, 2.45) is 11.7 Å². The van der Waals surface area contributed by atoms with Crippen LogP contribution in [0.25, 0.3) is 11.1 Å². The first-order valence-corrected chi connectivity index (χ1v) is 14.6. The van der Waals surface area contributed by atoms with E-state index in [2.05, 4.69) is 10.1 Å². The topological polar surface area (TPSA) is 94.1 Å². The third-order valence-corrected chi connectivity index (χ3v) is 10.2. The van der Waals surface area contributed by atoms with Crippen LogP contribution in [0.3, 0.4) is 0 Å². The van der Waals surface area contributed by atoms with Gasteiger partial charge in [-0.05, 0) is 74.9 Å². The summed E-state index contributed by atoms with van der Waals surface area (Å²) >= 11 is 0. The Morgan fingerprint density at radius 1 is 1.07 bits per heavy atom. The molecule has 2 aromatic carbocycles. The number of carbonyl (C=O) groups excluding carboxylic acids is 2. The summed E-state index contributed by atoms with van der Waals surface area (Å²) in [4.78, 5) is 30.4. The molecule has 0 spiro atoms. The molecule has 0 saturated heterocycles. The van der Waals surface area contributed by atoms with Crippen molar-refractivity contribution >= 4 is 20.5 Å². The molecule has 2 N–H and O–H groups in total. The predicted molar refractivity (Wildman–Crippen MR) is 147 cm³/mol. The van der Waals surface area contributed by atoms with Gasteiger partial charge in [-0.2, -0.15) is 5.10 Å². The third-order valence-electron chi connectivity index (χ3n) is 8.39. The van der Waals surface area contributed by atoms with E-state index in [1.165, 1.54) is 35.1 Å². The van der Waals surface area contributed by atoms with E-state index < -0.39 is 41.7 Å². The molecule has 0 bridgehead atoms. The number of pyridine rings is 1. The van der Waals surface area contributed by atoms with E-state index in [-0.39, 0.29) is 56.0 Å². The summed E-state index contributed by atoms with van der Waals surface area (Å²) in [7, 11) is -0.180. The fourth-order valence-corrected chi connectivity index (χ4v) is 8.43. The molecule has 43 heavy (non-hydrogen) atoms. The molecular formula is C30H23F5N5O2P. The SMILES string of the molecule is NC(=O)c1cc(-c2cccnc2[C@H](Cc2cc(F)cc(F)c2)N2PC3c4c(c(C(F)F)nn4CC2=O)C2CC23)ccc1F. The molecule has 3 heterocycles. The van der Waals surface area contributed by atoms with Gasteiger partial charge in [-0.15, -0.1) is 0 Å². The smallest absolute Gasteiger partial charge is 0.282 e. The second kappa shape index (κ2) is 10.2. The molecule has 2 aromatic heterocycles. The number of halogens is 5. The van der Waals surface area contributed by atoms with Crippen molar-refractivity contribution in [2.45, 2.75) is 43.4 Å². The molecule has 1 aliphatic heterocycles. The maximum absolute atomic E-state index is 14.4. The van der Waals surface area contributed by atoms with E-state index in [0.29, 0.717) is 28.1 Å². The molecule has 4 unspecified atom stereocenters. The molecule has 1 saturated carbocycles. The molecule has 2 aliphatic carbocycles. The van der Waals surface area contributed by atoms with E-state index >= 15 is 0 Å². The fraction of sp³-hybridized carbons (Fsp3) is 0.267. The summed E-state index contributed by atoms with van der Waals surface area (Å²) in [6.45, 7) is -0.281. The highest BCUT2D eigenvalue weighted by atomic mass is 31.1. The van der Waals surface area contributed by atoms with Gasteiger partial charge in [0, 0.05) is 29.0 Å². The minimum atomic E-state index is -2.75. The zero-order chi connectivity index (χ0) is 30.2. The van der Waals surface area contributed by atoms with Crippen LogP contribution in [0.1, 0.15) is 69.0 Å². The Balaban J connectivity index is 1.35. The van der Waals surface area contributed by atoms with Gasteiger partial charge in [0.05, 0.1) is 23.0 Å². The van der Waals surface area contributed by atoms with Crippen LogP contribution >= 0.6 is 8.73 Å². The van der Waals surface area contributed by atoms with Crippen molar-refractivity contribution in [3.05, 3.63) is 106 Å². The first kappa shape index (κ1) is 27.6. The van der Waals surface area contributed by atoms with Crippen LogP contribution in [-0.4, -0.2) is 31.2 Å². The standard InChI is InChI=1S/C30H23F5N5O2P/c31-15-6-13(7-16(32)10-15)8-22(25-17(2-1-5-37-25)14-3-4-21(33)20(9-14)30(36)42)40-23(41)12-39-27-24(26(38-39)29(34)35)18-11-19(18)28(27)43-40/h1-7,9-10,18-19,22,28-29,43H,8,11-12H2,(H2,36,42)/t18?,19?,22-,28?/m0/s1. The summed E-state index contributed by atoms with van der Waals surface area (Å²) in [5.41, 5.74) is 7.25. The van der Waals surface area contributed by atoms with Gasteiger partial charge in [0.15, 0.2) is 0 Å². The van der Waals surface area contributed by atoms with Crippen LogP contribution in [0, 0.1) is 23.4 Å². The summed E-state index contributed by atoms with van der Waals surface area (Å²) in [5.74, 6) is -3.69. The van der Waals surface area contributed by atoms with Crippen LogP contribution in [0.5, 0.6) is 0 Å². The highest BCUT2D eigenvalue weighted by Gasteiger charge is 2.58. The van der Waals surface area contributed by atoms with E-state index in [1.807, 2.05) is 0 Å². The van der Waals surface area contributed by atoms with Gasteiger partial charge >= 0.3 is 0 Å². The summed E-state index contributed by atoms with van der Waals surface area (Å²) in [6, 6.07) is 9.43. The van der Waals surface area contributed by atoms with Crippen molar-refractivity contribution in [3.63, 3.8) is 0 Å². The van der Waals surface area contributed by atoms with Crippen LogP contribution in [0.4, 0.5) is 22.0 Å². The number of amides is 2.